The quantitative estimate of drug-likeness (QED) is 0.726. The Balaban J connectivity index is 1.86. The van der Waals surface area contributed by atoms with E-state index in [0.717, 1.165) is 11.6 Å². The molecule has 0 bridgehead atoms. The van der Waals surface area contributed by atoms with Gasteiger partial charge in [-0.3, -0.25) is 0 Å². The Hall–Kier alpha value is -2.70. The first kappa shape index (κ1) is 13.3. The first-order chi connectivity index (χ1) is 10.2. The van der Waals surface area contributed by atoms with Crippen LogP contribution in [0.25, 0.3) is 5.65 Å². The maximum absolute atomic E-state index is 5.18. The van der Waals surface area contributed by atoms with Crippen molar-refractivity contribution in [2.24, 2.45) is 0 Å². The summed E-state index contributed by atoms with van der Waals surface area (Å²) in [5.74, 6) is 1.65. The lowest BCUT2D eigenvalue weighted by Gasteiger charge is -2.26. The van der Waals surface area contributed by atoms with E-state index in [4.69, 9.17) is 4.74 Å². The van der Waals surface area contributed by atoms with Crippen molar-refractivity contribution in [1.29, 1.82) is 0 Å². The fraction of sp³-hybridized carbons (Fsp3) is 0.286. The number of rotatable bonds is 4. The van der Waals surface area contributed by atoms with Crippen LogP contribution in [0.4, 0.5) is 5.82 Å². The van der Waals surface area contributed by atoms with E-state index >= 15 is 0 Å². The van der Waals surface area contributed by atoms with Gasteiger partial charge in [0.2, 0.25) is 0 Å². The van der Waals surface area contributed by atoms with Crippen molar-refractivity contribution >= 4 is 11.5 Å². The minimum absolute atomic E-state index is 0.164. The molecular weight excluding hydrogens is 268 g/mol. The van der Waals surface area contributed by atoms with Gasteiger partial charge in [-0.15, -0.1) is 14.8 Å². The Morgan fingerprint density at radius 1 is 1.14 bits per heavy atom. The molecule has 0 N–H and O–H groups in total. The number of ether oxygens (including phenoxy) is 1. The minimum Gasteiger partial charge on any atom is -0.497 e. The second kappa shape index (κ2) is 5.35. The smallest absolute Gasteiger partial charge is 0.200 e. The topological polar surface area (TPSA) is 68.4 Å². The lowest BCUT2D eigenvalue weighted by atomic mass is 10.1. The first-order valence-corrected chi connectivity index (χ1v) is 6.61. The SMILES string of the molecule is COc1ccc(C(C)N(C)c2ccc3nnnn3n2)cc1. The van der Waals surface area contributed by atoms with Gasteiger partial charge in [-0.25, -0.2) is 0 Å². The molecule has 2 heterocycles. The normalized spacial score (nSPS) is 12.3. The highest BCUT2D eigenvalue weighted by Gasteiger charge is 2.14. The number of nitrogens with zero attached hydrogens (tertiary/aromatic N) is 6. The molecule has 0 aliphatic carbocycles. The summed E-state index contributed by atoms with van der Waals surface area (Å²) in [6.45, 7) is 2.12. The summed E-state index contributed by atoms with van der Waals surface area (Å²) < 4.78 is 6.61. The van der Waals surface area contributed by atoms with Gasteiger partial charge < -0.3 is 9.64 Å². The van der Waals surface area contributed by atoms with E-state index in [-0.39, 0.29) is 6.04 Å². The summed E-state index contributed by atoms with van der Waals surface area (Å²) in [4.78, 5) is 2.07. The molecule has 1 unspecified atom stereocenters. The predicted molar refractivity (Wildman–Crippen MR) is 78.4 cm³/mol. The molecule has 0 saturated carbocycles. The summed E-state index contributed by atoms with van der Waals surface area (Å²) in [7, 11) is 3.66. The number of fused-ring (bicyclic) bond motifs is 1. The molecule has 0 fully saturated rings. The van der Waals surface area contributed by atoms with Gasteiger partial charge in [0.1, 0.15) is 5.75 Å². The highest BCUT2D eigenvalue weighted by atomic mass is 16.5. The Labute approximate surface area is 122 Å². The number of anilines is 1. The zero-order valence-corrected chi connectivity index (χ0v) is 12.1. The maximum Gasteiger partial charge on any atom is 0.200 e. The second-order valence-corrected chi connectivity index (χ2v) is 4.78. The minimum atomic E-state index is 0.164. The van der Waals surface area contributed by atoms with Crippen LogP contribution in [0, 0.1) is 0 Å². The lowest BCUT2D eigenvalue weighted by molar-refractivity contribution is 0.414. The third kappa shape index (κ3) is 2.49. The van der Waals surface area contributed by atoms with E-state index < -0.39 is 0 Å². The van der Waals surface area contributed by atoms with Gasteiger partial charge in [-0.2, -0.15) is 0 Å². The van der Waals surface area contributed by atoms with Crippen LogP contribution in [-0.2, 0) is 0 Å². The molecule has 3 aromatic rings. The van der Waals surface area contributed by atoms with Crippen molar-refractivity contribution in [3.8, 4) is 5.75 Å². The number of benzene rings is 1. The first-order valence-electron chi connectivity index (χ1n) is 6.61. The van der Waals surface area contributed by atoms with E-state index in [2.05, 4.69) is 44.6 Å². The molecule has 3 rings (SSSR count). The van der Waals surface area contributed by atoms with Crippen LogP contribution in [-0.4, -0.2) is 39.4 Å². The summed E-state index contributed by atoms with van der Waals surface area (Å²) in [5, 5.41) is 15.7. The fourth-order valence-corrected chi connectivity index (χ4v) is 2.13. The van der Waals surface area contributed by atoms with Crippen LogP contribution >= 0.6 is 0 Å². The number of hydrogen-bond acceptors (Lipinski definition) is 6. The van der Waals surface area contributed by atoms with Crippen LogP contribution in [0.15, 0.2) is 36.4 Å². The summed E-state index contributed by atoms with van der Waals surface area (Å²) in [6.07, 6.45) is 0. The Morgan fingerprint density at radius 3 is 2.62 bits per heavy atom. The zero-order chi connectivity index (χ0) is 14.8. The standard InChI is InChI=1S/C14H16N6O/c1-10(11-4-6-12(21-3)7-5-11)19(2)14-9-8-13-15-17-18-20(13)16-14/h4-10H,1-3H3. The number of aromatic nitrogens is 5. The maximum atomic E-state index is 5.18. The molecule has 7 heteroatoms. The highest BCUT2D eigenvalue weighted by Crippen LogP contribution is 2.25. The van der Waals surface area contributed by atoms with Gasteiger partial charge in [0.05, 0.1) is 13.2 Å². The largest absolute Gasteiger partial charge is 0.497 e. The summed E-state index contributed by atoms with van der Waals surface area (Å²) in [6, 6.07) is 11.9. The predicted octanol–water partition coefficient (Wildman–Crippen LogP) is 1.73. The Kier molecular flexibility index (Phi) is 3.39. The van der Waals surface area contributed by atoms with Gasteiger partial charge in [0.15, 0.2) is 11.5 Å². The molecule has 0 aliphatic rings. The van der Waals surface area contributed by atoms with Gasteiger partial charge >= 0.3 is 0 Å². The lowest BCUT2D eigenvalue weighted by Crippen LogP contribution is -2.23. The van der Waals surface area contributed by atoms with Crippen LogP contribution in [0.5, 0.6) is 5.75 Å². The molecule has 1 atom stereocenters. The Morgan fingerprint density at radius 2 is 1.90 bits per heavy atom. The molecule has 1 aromatic carbocycles. The number of methoxy groups -OCH3 is 1. The highest BCUT2D eigenvalue weighted by molar-refractivity contribution is 5.46. The zero-order valence-electron chi connectivity index (χ0n) is 12.1. The van der Waals surface area contributed by atoms with Crippen molar-refractivity contribution in [1.82, 2.24) is 25.3 Å². The average Bonchev–Trinajstić information content (AvgIpc) is 3.01. The molecule has 0 radical (unpaired) electrons. The molecule has 21 heavy (non-hydrogen) atoms. The summed E-state index contributed by atoms with van der Waals surface area (Å²) >= 11 is 0. The van der Waals surface area contributed by atoms with Crippen LogP contribution in [0.3, 0.4) is 0 Å². The van der Waals surface area contributed by atoms with Gasteiger partial charge in [0, 0.05) is 7.05 Å². The monoisotopic (exact) mass is 284 g/mol. The number of hydrogen-bond donors (Lipinski definition) is 0. The third-order valence-electron chi connectivity index (χ3n) is 3.60. The van der Waals surface area contributed by atoms with Crippen LogP contribution in [0.1, 0.15) is 18.5 Å². The Bertz CT molecular complexity index is 739. The molecule has 7 nitrogen and oxygen atoms in total. The van der Waals surface area contributed by atoms with Gasteiger partial charge in [-0.1, -0.05) is 12.1 Å². The number of tetrazole rings is 1. The third-order valence-corrected chi connectivity index (χ3v) is 3.60. The van der Waals surface area contributed by atoms with Crippen molar-refractivity contribution in [3.63, 3.8) is 0 Å². The van der Waals surface area contributed by atoms with Gasteiger partial charge in [-0.05, 0) is 47.2 Å². The molecule has 0 aliphatic heterocycles. The molecule has 0 amide bonds. The van der Waals surface area contributed by atoms with Crippen LogP contribution < -0.4 is 9.64 Å². The van der Waals surface area contributed by atoms with Crippen molar-refractivity contribution in [2.75, 3.05) is 19.1 Å². The molecular formula is C14H16N6O. The van der Waals surface area contributed by atoms with E-state index in [1.54, 1.807) is 7.11 Å². The second-order valence-electron chi connectivity index (χ2n) is 4.78. The van der Waals surface area contributed by atoms with Crippen molar-refractivity contribution in [2.45, 2.75) is 13.0 Å². The van der Waals surface area contributed by atoms with Crippen LogP contribution in [0.2, 0.25) is 0 Å². The van der Waals surface area contributed by atoms with E-state index in [1.807, 2.05) is 31.3 Å². The average molecular weight is 284 g/mol. The summed E-state index contributed by atoms with van der Waals surface area (Å²) in [5.41, 5.74) is 1.81. The molecule has 2 aromatic heterocycles. The van der Waals surface area contributed by atoms with Crippen molar-refractivity contribution < 1.29 is 4.74 Å². The van der Waals surface area contributed by atoms with Crippen molar-refractivity contribution in [3.05, 3.63) is 42.0 Å². The molecule has 0 saturated heterocycles. The molecule has 108 valence electrons. The van der Waals surface area contributed by atoms with E-state index in [0.29, 0.717) is 5.65 Å². The fourth-order valence-electron chi connectivity index (χ4n) is 2.13. The molecule has 0 spiro atoms. The van der Waals surface area contributed by atoms with E-state index in [1.165, 1.54) is 10.2 Å². The van der Waals surface area contributed by atoms with Gasteiger partial charge in [0.25, 0.3) is 0 Å². The van der Waals surface area contributed by atoms with E-state index in [9.17, 15) is 0 Å².